The minimum atomic E-state index is -0.439. The number of anilines is 1. The SMILES string of the molecule is O=C(CCn1c(=O)c2cccn2c2ccc(F)cc21)Nc1cccc(Cl)c1. The van der Waals surface area contributed by atoms with Crippen LogP contribution in [0.25, 0.3) is 16.6 Å². The van der Waals surface area contributed by atoms with Crippen LogP contribution < -0.4 is 10.9 Å². The Labute approximate surface area is 158 Å². The minimum absolute atomic E-state index is 0.0644. The first-order valence-electron chi connectivity index (χ1n) is 8.37. The van der Waals surface area contributed by atoms with Crippen molar-refractivity contribution >= 4 is 39.7 Å². The van der Waals surface area contributed by atoms with Crippen LogP contribution in [-0.2, 0) is 11.3 Å². The predicted molar refractivity (Wildman–Crippen MR) is 104 cm³/mol. The summed E-state index contributed by atoms with van der Waals surface area (Å²) in [5.41, 5.74) is 1.93. The van der Waals surface area contributed by atoms with E-state index in [1.807, 2.05) is 0 Å². The number of carbonyl (C=O) groups excluding carboxylic acids is 1. The molecule has 2 heterocycles. The van der Waals surface area contributed by atoms with Crippen molar-refractivity contribution in [2.75, 3.05) is 5.32 Å². The number of carbonyl (C=O) groups is 1. The molecule has 136 valence electrons. The molecule has 0 saturated carbocycles. The summed E-state index contributed by atoms with van der Waals surface area (Å²) in [7, 11) is 0. The Kier molecular flexibility index (Phi) is 4.41. The van der Waals surface area contributed by atoms with Crippen LogP contribution in [0.1, 0.15) is 6.42 Å². The van der Waals surface area contributed by atoms with Gasteiger partial charge in [0.25, 0.3) is 5.56 Å². The number of nitrogens with one attached hydrogen (secondary N) is 1. The van der Waals surface area contributed by atoms with Gasteiger partial charge in [-0.2, -0.15) is 0 Å². The molecule has 4 aromatic rings. The van der Waals surface area contributed by atoms with Crippen LogP contribution in [0, 0.1) is 5.82 Å². The molecule has 0 unspecified atom stereocenters. The number of amides is 1. The van der Waals surface area contributed by atoms with E-state index in [9.17, 15) is 14.0 Å². The zero-order chi connectivity index (χ0) is 19.0. The molecule has 0 atom stereocenters. The van der Waals surface area contributed by atoms with Gasteiger partial charge in [-0.1, -0.05) is 17.7 Å². The Balaban J connectivity index is 1.66. The molecule has 0 aliphatic heterocycles. The third kappa shape index (κ3) is 3.31. The monoisotopic (exact) mass is 383 g/mol. The zero-order valence-corrected chi connectivity index (χ0v) is 14.9. The van der Waals surface area contributed by atoms with Gasteiger partial charge in [0.05, 0.1) is 11.0 Å². The quantitative estimate of drug-likeness (QED) is 0.577. The average molecular weight is 384 g/mol. The van der Waals surface area contributed by atoms with Gasteiger partial charge in [0.2, 0.25) is 5.91 Å². The molecule has 27 heavy (non-hydrogen) atoms. The normalized spacial score (nSPS) is 11.2. The van der Waals surface area contributed by atoms with Crippen LogP contribution in [0.3, 0.4) is 0 Å². The summed E-state index contributed by atoms with van der Waals surface area (Å²) in [6, 6.07) is 14.6. The standard InChI is InChI=1S/C20H15ClFN3O2/c21-13-3-1-4-15(11-13)23-19(26)8-10-25-18-12-14(22)6-7-16(18)24-9-2-5-17(24)20(25)27/h1-7,9,11-12H,8,10H2,(H,23,26). The number of rotatable bonds is 4. The Hall–Kier alpha value is -3.12. The summed E-state index contributed by atoms with van der Waals surface area (Å²) < 4.78 is 16.9. The Bertz CT molecular complexity index is 1230. The second-order valence-corrected chi connectivity index (χ2v) is 6.60. The summed E-state index contributed by atoms with van der Waals surface area (Å²) >= 11 is 5.91. The highest BCUT2D eigenvalue weighted by atomic mass is 35.5. The van der Waals surface area contributed by atoms with Crippen LogP contribution >= 0.6 is 11.6 Å². The molecule has 0 aliphatic carbocycles. The molecule has 0 aliphatic rings. The lowest BCUT2D eigenvalue weighted by Gasteiger charge is -2.13. The highest BCUT2D eigenvalue weighted by Gasteiger charge is 2.13. The number of nitrogens with zero attached hydrogens (tertiary/aromatic N) is 2. The fraction of sp³-hybridized carbons (Fsp3) is 0.100. The fourth-order valence-electron chi connectivity index (χ4n) is 3.15. The fourth-order valence-corrected chi connectivity index (χ4v) is 3.34. The lowest BCUT2D eigenvalue weighted by molar-refractivity contribution is -0.116. The topological polar surface area (TPSA) is 55.5 Å². The largest absolute Gasteiger partial charge is 0.326 e. The highest BCUT2D eigenvalue weighted by molar-refractivity contribution is 6.30. The van der Waals surface area contributed by atoms with Crippen LogP contribution in [0.2, 0.25) is 5.02 Å². The van der Waals surface area contributed by atoms with E-state index in [1.165, 1.54) is 16.7 Å². The van der Waals surface area contributed by atoms with Crippen LogP contribution in [0.4, 0.5) is 10.1 Å². The van der Waals surface area contributed by atoms with E-state index in [4.69, 9.17) is 11.6 Å². The number of halogens is 2. The average Bonchev–Trinajstić information content (AvgIpc) is 3.11. The second kappa shape index (κ2) is 6.89. The van der Waals surface area contributed by atoms with Crippen LogP contribution in [0.5, 0.6) is 0 Å². The van der Waals surface area contributed by atoms with Gasteiger partial charge in [0.1, 0.15) is 11.3 Å². The number of benzene rings is 2. The summed E-state index contributed by atoms with van der Waals surface area (Å²) in [5, 5.41) is 3.26. The zero-order valence-electron chi connectivity index (χ0n) is 14.2. The third-order valence-corrected chi connectivity index (χ3v) is 4.61. The van der Waals surface area contributed by atoms with Crippen molar-refractivity contribution in [2.45, 2.75) is 13.0 Å². The first-order valence-corrected chi connectivity index (χ1v) is 8.75. The summed E-state index contributed by atoms with van der Waals surface area (Å²) in [4.78, 5) is 25.1. The van der Waals surface area contributed by atoms with E-state index in [2.05, 4.69) is 5.32 Å². The highest BCUT2D eigenvalue weighted by Crippen LogP contribution is 2.18. The van der Waals surface area contributed by atoms with Gasteiger partial charge in [0.15, 0.2) is 0 Å². The number of fused-ring (bicyclic) bond motifs is 3. The maximum Gasteiger partial charge on any atom is 0.275 e. The van der Waals surface area contributed by atoms with Gasteiger partial charge in [-0.3, -0.25) is 9.59 Å². The molecule has 5 nitrogen and oxygen atoms in total. The molecule has 7 heteroatoms. The van der Waals surface area contributed by atoms with Crippen molar-refractivity contribution in [3.63, 3.8) is 0 Å². The number of hydrogen-bond acceptors (Lipinski definition) is 2. The van der Waals surface area contributed by atoms with Gasteiger partial charge in [-0.15, -0.1) is 0 Å². The van der Waals surface area contributed by atoms with Gasteiger partial charge in [-0.05, 0) is 48.5 Å². The molecule has 2 aromatic heterocycles. The van der Waals surface area contributed by atoms with Crippen molar-refractivity contribution < 1.29 is 9.18 Å². The Morgan fingerprint density at radius 3 is 2.70 bits per heavy atom. The van der Waals surface area contributed by atoms with Gasteiger partial charge in [0, 0.05) is 29.9 Å². The lowest BCUT2D eigenvalue weighted by Crippen LogP contribution is -2.25. The van der Waals surface area contributed by atoms with Crippen molar-refractivity contribution in [3.05, 3.63) is 82.0 Å². The van der Waals surface area contributed by atoms with E-state index >= 15 is 0 Å². The maximum absolute atomic E-state index is 13.8. The van der Waals surface area contributed by atoms with Crippen molar-refractivity contribution in [1.82, 2.24) is 8.97 Å². The van der Waals surface area contributed by atoms with E-state index in [1.54, 1.807) is 53.1 Å². The van der Waals surface area contributed by atoms with E-state index in [0.29, 0.717) is 27.3 Å². The molecule has 4 rings (SSSR count). The smallest absolute Gasteiger partial charge is 0.275 e. The van der Waals surface area contributed by atoms with Gasteiger partial charge >= 0.3 is 0 Å². The van der Waals surface area contributed by atoms with E-state index < -0.39 is 5.82 Å². The third-order valence-electron chi connectivity index (χ3n) is 4.37. The van der Waals surface area contributed by atoms with Crippen molar-refractivity contribution in [1.29, 1.82) is 0 Å². The molecule has 0 spiro atoms. The molecule has 0 radical (unpaired) electrons. The molecule has 0 fully saturated rings. The summed E-state index contributed by atoms with van der Waals surface area (Å²) in [5.74, 6) is -0.700. The second-order valence-electron chi connectivity index (χ2n) is 6.16. The first-order chi connectivity index (χ1) is 13.0. The van der Waals surface area contributed by atoms with Crippen molar-refractivity contribution in [3.8, 4) is 0 Å². The number of aromatic nitrogens is 2. The molecular formula is C20H15ClFN3O2. The van der Waals surface area contributed by atoms with Gasteiger partial charge in [-0.25, -0.2) is 4.39 Å². The summed E-state index contributed by atoms with van der Waals surface area (Å²) in [6.07, 6.45) is 1.82. The van der Waals surface area contributed by atoms with E-state index in [-0.39, 0.29) is 24.4 Å². The van der Waals surface area contributed by atoms with Crippen LogP contribution in [0.15, 0.2) is 65.6 Å². The Morgan fingerprint density at radius 2 is 1.89 bits per heavy atom. The number of hydrogen-bond donors (Lipinski definition) is 1. The molecule has 2 aromatic carbocycles. The number of aryl methyl sites for hydroxylation is 1. The van der Waals surface area contributed by atoms with Crippen molar-refractivity contribution in [2.24, 2.45) is 0 Å². The molecular weight excluding hydrogens is 369 g/mol. The molecule has 0 bridgehead atoms. The molecule has 1 amide bonds. The lowest BCUT2D eigenvalue weighted by atomic mass is 10.2. The summed E-state index contributed by atoms with van der Waals surface area (Å²) in [6.45, 7) is 0.132. The maximum atomic E-state index is 13.8. The predicted octanol–water partition coefficient (Wildman–Crippen LogP) is 4.08. The molecule has 0 saturated heterocycles. The van der Waals surface area contributed by atoms with Gasteiger partial charge < -0.3 is 14.3 Å². The Morgan fingerprint density at radius 1 is 1.04 bits per heavy atom. The van der Waals surface area contributed by atoms with E-state index in [0.717, 1.165) is 0 Å². The minimum Gasteiger partial charge on any atom is -0.326 e. The molecule has 1 N–H and O–H groups in total. The first kappa shape index (κ1) is 17.3. The van der Waals surface area contributed by atoms with Crippen LogP contribution in [-0.4, -0.2) is 14.9 Å².